The third kappa shape index (κ3) is 4.73. The molecule has 2 heterocycles. The van der Waals surface area contributed by atoms with Crippen molar-refractivity contribution in [2.45, 2.75) is 19.8 Å². The normalized spacial score (nSPS) is 10.5. The average Bonchev–Trinajstić information content (AvgIpc) is 2.68. The van der Waals surface area contributed by atoms with Crippen LogP contribution in [0.5, 0.6) is 0 Å². The molecule has 25 heavy (non-hydrogen) atoms. The molecule has 0 saturated carbocycles. The summed E-state index contributed by atoms with van der Waals surface area (Å²) >= 11 is 0. The van der Waals surface area contributed by atoms with Crippen LogP contribution in [0.1, 0.15) is 18.1 Å². The first kappa shape index (κ1) is 16.8. The fraction of sp³-hybridized carbons (Fsp3) is 0.263. The maximum Gasteiger partial charge on any atom is 0.247 e. The first-order valence-corrected chi connectivity index (χ1v) is 8.40. The molecule has 6 nitrogen and oxygen atoms in total. The number of hydrogen-bond donors (Lipinski definition) is 1. The summed E-state index contributed by atoms with van der Waals surface area (Å²) in [6.45, 7) is 2.95. The number of rotatable bonds is 7. The summed E-state index contributed by atoms with van der Waals surface area (Å²) < 4.78 is 0. The van der Waals surface area contributed by atoms with E-state index in [9.17, 15) is 0 Å². The van der Waals surface area contributed by atoms with Gasteiger partial charge in [-0.2, -0.15) is 10.1 Å². The number of hydrogen-bond acceptors (Lipinski definition) is 6. The summed E-state index contributed by atoms with van der Waals surface area (Å²) in [5.74, 6) is 1.29. The first-order chi connectivity index (χ1) is 12.2. The Morgan fingerprint density at radius 2 is 1.76 bits per heavy atom. The van der Waals surface area contributed by atoms with Crippen LogP contribution < -0.4 is 10.2 Å². The molecule has 3 aromatic rings. The number of nitrogens with zero attached hydrogens (tertiary/aromatic N) is 5. The Morgan fingerprint density at radius 3 is 2.48 bits per heavy atom. The number of nitrogens with one attached hydrogen (secondary N) is 1. The minimum atomic E-state index is 0.601. The van der Waals surface area contributed by atoms with Crippen LogP contribution in [0.2, 0.25) is 0 Å². The summed E-state index contributed by atoms with van der Waals surface area (Å²) in [5.41, 5.74) is 3.53. The van der Waals surface area contributed by atoms with Crippen LogP contribution in [-0.2, 0) is 12.8 Å². The van der Waals surface area contributed by atoms with Gasteiger partial charge in [0.05, 0.1) is 6.20 Å². The van der Waals surface area contributed by atoms with E-state index in [0.29, 0.717) is 11.8 Å². The van der Waals surface area contributed by atoms with E-state index >= 15 is 0 Å². The zero-order chi connectivity index (χ0) is 17.5. The second-order valence-corrected chi connectivity index (χ2v) is 5.84. The summed E-state index contributed by atoms with van der Waals surface area (Å²) in [5, 5.41) is 11.5. The third-order valence-electron chi connectivity index (χ3n) is 4.01. The standard InChI is InChI=1S/C19H22N6/c1-3-15-4-6-17(7-5-15)22-18-14-21-24-19(23-18)25(2)13-10-16-8-11-20-12-9-16/h4-9,11-12,14H,3,10,13H2,1-2H3,(H,22,23,24). The molecule has 0 atom stereocenters. The zero-order valence-corrected chi connectivity index (χ0v) is 14.6. The van der Waals surface area contributed by atoms with E-state index < -0.39 is 0 Å². The van der Waals surface area contributed by atoms with Crippen molar-refractivity contribution in [3.05, 3.63) is 66.1 Å². The molecule has 128 valence electrons. The number of pyridine rings is 1. The molecule has 0 spiro atoms. The van der Waals surface area contributed by atoms with Gasteiger partial charge in [0.25, 0.3) is 0 Å². The Bertz CT molecular complexity index is 789. The monoisotopic (exact) mass is 334 g/mol. The molecule has 6 heteroatoms. The molecule has 1 N–H and O–H groups in total. The predicted octanol–water partition coefficient (Wildman–Crippen LogP) is 3.25. The van der Waals surface area contributed by atoms with Crippen molar-refractivity contribution in [3.8, 4) is 0 Å². The van der Waals surface area contributed by atoms with Crippen LogP contribution >= 0.6 is 0 Å². The van der Waals surface area contributed by atoms with Gasteiger partial charge in [0.15, 0.2) is 5.82 Å². The van der Waals surface area contributed by atoms with Gasteiger partial charge >= 0.3 is 0 Å². The van der Waals surface area contributed by atoms with Crippen molar-refractivity contribution in [2.75, 3.05) is 23.8 Å². The second kappa shape index (κ2) is 8.19. The van der Waals surface area contributed by atoms with Crippen LogP contribution in [0, 0.1) is 0 Å². The number of aromatic nitrogens is 4. The molecule has 0 bridgehead atoms. The molecular formula is C19H22N6. The molecule has 0 fully saturated rings. The topological polar surface area (TPSA) is 66.8 Å². The molecule has 0 aliphatic carbocycles. The van der Waals surface area contributed by atoms with Gasteiger partial charge in [-0.3, -0.25) is 4.98 Å². The SMILES string of the molecule is CCc1ccc(Nc2cnnc(N(C)CCc3ccncc3)n2)cc1. The van der Waals surface area contributed by atoms with E-state index in [0.717, 1.165) is 25.1 Å². The minimum absolute atomic E-state index is 0.601. The number of anilines is 3. The second-order valence-electron chi connectivity index (χ2n) is 5.84. The van der Waals surface area contributed by atoms with Crippen LogP contribution in [0.3, 0.4) is 0 Å². The van der Waals surface area contributed by atoms with Gasteiger partial charge in [-0.25, -0.2) is 0 Å². The highest BCUT2D eigenvalue weighted by atomic mass is 15.3. The highest BCUT2D eigenvalue weighted by Crippen LogP contribution is 2.16. The maximum atomic E-state index is 4.55. The molecule has 0 saturated heterocycles. The van der Waals surface area contributed by atoms with Gasteiger partial charge in [0.1, 0.15) is 0 Å². The van der Waals surface area contributed by atoms with Crippen molar-refractivity contribution >= 4 is 17.5 Å². The quantitative estimate of drug-likeness (QED) is 0.715. The maximum absolute atomic E-state index is 4.55. The van der Waals surface area contributed by atoms with E-state index in [4.69, 9.17) is 0 Å². The van der Waals surface area contributed by atoms with Crippen LogP contribution in [0.4, 0.5) is 17.5 Å². The van der Waals surface area contributed by atoms with Crippen LogP contribution in [0.15, 0.2) is 55.0 Å². The molecule has 2 aromatic heterocycles. The van der Waals surface area contributed by atoms with Crippen molar-refractivity contribution < 1.29 is 0 Å². The fourth-order valence-electron chi connectivity index (χ4n) is 2.43. The highest BCUT2D eigenvalue weighted by Gasteiger charge is 2.07. The highest BCUT2D eigenvalue weighted by molar-refractivity contribution is 5.56. The summed E-state index contributed by atoms with van der Waals surface area (Å²) in [4.78, 5) is 10.6. The summed E-state index contributed by atoms with van der Waals surface area (Å²) in [6, 6.07) is 12.4. The summed E-state index contributed by atoms with van der Waals surface area (Å²) in [6.07, 6.45) is 7.18. The largest absolute Gasteiger partial charge is 0.342 e. The van der Waals surface area contributed by atoms with Crippen molar-refractivity contribution in [3.63, 3.8) is 0 Å². The molecule has 0 amide bonds. The van der Waals surface area contributed by atoms with E-state index in [1.807, 2.05) is 48.6 Å². The first-order valence-electron chi connectivity index (χ1n) is 8.40. The molecule has 0 aliphatic rings. The summed E-state index contributed by atoms with van der Waals surface area (Å²) in [7, 11) is 1.97. The van der Waals surface area contributed by atoms with E-state index in [1.54, 1.807) is 6.20 Å². The lowest BCUT2D eigenvalue weighted by atomic mass is 10.1. The molecular weight excluding hydrogens is 312 g/mol. The third-order valence-corrected chi connectivity index (χ3v) is 4.01. The fourth-order valence-corrected chi connectivity index (χ4v) is 2.43. The molecule has 0 radical (unpaired) electrons. The van der Waals surface area contributed by atoms with Crippen molar-refractivity contribution in [1.29, 1.82) is 0 Å². The Morgan fingerprint density at radius 1 is 1.00 bits per heavy atom. The van der Waals surface area contributed by atoms with Crippen molar-refractivity contribution in [1.82, 2.24) is 20.2 Å². The van der Waals surface area contributed by atoms with Gasteiger partial charge in [0, 0.05) is 31.7 Å². The van der Waals surface area contributed by atoms with Gasteiger partial charge < -0.3 is 10.2 Å². The Labute approximate surface area is 148 Å². The smallest absolute Gasteiger partial charge is 0.247 e. The van der Waals surface area contributed by atoms with Crippen LogP contribution in [0.25, 0.3) is 0 Å². The van der Waals surface area contributed by atoms with Gasteiger partial charge in [-0.15, -0.1) is 5.10 Å². The lowest BCUT2D eigenvalue weighted by Crippen LogP contribution is -2.23. The van der Waals surface area contributed by atoms with Gasteiger partial charge in [-0.05, 0) is 48.2 Å². The van der Waals surface area contributed by atoms with E-state index in [2.05, 4.69) is 44.5 Å². The van der Waals surface area contributed by atoms with Crippen LogP contribution in [-0.4, -0.2) is 33.8 Å². The number of likely N-dealkylation sites (N-methyl/N-ethyl adjacent to an activating group) is 1. The average molecular weight is 334 g/mol. The lowest BCUT2D eigenvalue weighted by molar-refractivity contribution is 0.812. The lowest BCUT2D eigenvalue weighted by Gasteiger charge is -2.17. The van der Waals surface area contributed by atoms with Crippen molar-refractivity contribution in [2.24, 2.45) is 0 Å². The number of aryl methyl sites for hydroxylation is 1. The zero-order valence-electron chi connectivity index (χ0n) is 14.6. The Balaban J connectivity index is 1.63. The molecule has 0 unspecified atom stereocenters. The molecule has 0 aliphatic heterocycles. The Hall–Kier alpha value is -3.02. The van der Waals surface area contributed by atoms with Gasteiger partial charge in [0.2, 0.25) is 5.95 Å². The van der Waals surface area contributed by atoms with Gasteiger partial charge in [-0.1, -0.05) is 19.1 Å². The number of benzene rings is 1. The molecule has 3 rings (SSSR count). The molecule has 1 aromatic carbocycles. The van der Waals surface area contributed by atoms with E-state index in [-0.39, 0.29) is 0 Å². The van der Waals surface area contributed by atoms with E-state index in [1.165, 1.54) is 11.1 Å². The Kier molecular flexibility index (Phi) is 5.51. The predicted molar refractivity (Wildman–Crippen MR) is 100 cm³/mol. The minimum Gasteiger partial charge on any atom is -0.342 e.